The number of carboxylic acid groups (broad SMARTS) is 1. The quantitative estimate of drug-likeness (QED) is 0.703. The highest BCUT2D eigenvalue weighted by atomic mass is 35.5. The van der Waals surface area contributed by atoms with Crippen LogP contribution in [-0.4, -0.2) is 42.5 Å². The zero-order valence-electron chi connectivity index (χ0n) is 16.1. The molecule has 1 amide bonds. The fourth-order valence-corrected chi connectivity index (χ4v) is 3.78. The van der Waals surface area contributed by atoms with E-state index < -0.39 is 20.1 Å². The van der Waals surface area contributed by atoms with Gasteiger partial charge in [0.2, 0.25) is 0 Å². The number of carbonyl (C=O) groups is 1. The average molecular weight is 403 g/mol. The molecule has 8 heteroatoms. The van der Waals surface area contributed by atoms with E-state index in [2.05, 4.69) is 38.8 Å². The molecule has 1 aliphatic heterocycles. The van der Waals surface area contributed by atoms with Crippen molar-refractivity contribution in [2.75, 3.05) is 13.1 Å². The van der Waals surface area contributed by atoms with Crippen molar-refractivity contribution >= 4 is 26.0 Å². The molecule has 1 fully saturated rings. The van der Waals surface area contributed by atoms with Crippen molar-refractivity contribution < 1.29 is 18.7 Å². The summed E-state index contributed by atoms with van der Waals surface area (Å²) in [5, 5.41) is 9.47. The SMILES string of the molecule is CC(C)(C)[Si](C)(C)OCc1ncc(C2(F)CCN(C(=O)O)CC2)cc1Cl. The molecule has 0 radical (unpaired) electrons. The number of hydrogen-bond acceptors (Lipinski definition) is 3. The van der Waals surface area contributed by atoms with Crippen molar-refractivity contribution in [2.24, 2.45) is 0 Å². The van der Waals surface area contributed by atoms with Gasteiger partial charge in [0.15, 0.2) is 8.32 Å². The number of amides is 1. The number of hydrogen-bond donors (Lipinski definition) is 1. The van der Waals surface area contributed by atoms with E-state index in [1.54, 1.807) is 6.07 Å². The van der Waals surface area contributed by atoms with E-state index in [0.717, 1.165) is 0 Å². The molecular weight excluding hydrogens is 375 g/mol. The van der Waals surface area contributed by atoms with Crippen LogP contribution < -0.4 is 0 Å². The molecule has 2 heterocycles. The zero-order valence-corrected chi connectivity index (χ0v) is 17.9. The Morgan fingerprint density at radius 1 is 1.42 bits per heavy atom. The first-order valence-electron chi connectivity index (χ1n) is 8.81. The van der Waals surface area contributed by atoms with Gasteiger partial charge in [-0.25, -0.2) is 9.18 Å². The fourth-order valence-electron chi connectivity index (χ4n) is 2.62. The Kier molecular flexibility index (Phi) is 6.05. The van der Waals surface area contributed by atoms with Crippen molar-refractivity contribution in [1.29, 1.82) is 0 Å². The molecule has 0 unspecified atom stereocenters. The topological polar surface area (TPSA) is 62.7 Å². The summed E-state index contributed by atoms with van der Waals surface area (Å²) in [5.41, 5.74) is -0.586. The highest BCUT2D eigenvalue weighted by Gasteiger charge is 2.39. The average Bonchev–Trinajstić information content (AvgIpc) is 2.53. The smallest absolute Gasteiger partial charge is 0.407 e. The van der Waals surface area contributed by atoms with E-state index >= 15 is 4.39 Å². The number of alkyl halides is 1. The van der Waals surface area contributed by atoms with Crippen molar-refractivity contribution in [3.8, 4) is 0 Å². The van der Waals surface area contributed by atoms with Crippen LogP contribution in [0.4, 0.5) is 9.18 Å². The molecule has 5 nitrogen and oxygen atoms in total. The van der Waals surface area contributed by atoms with Crippen LogP contribution >= 0.6 is 11.6 Å². The molecule has 146 valence electrons. The lowest BCUT2D eigenvalue weighted by molar-refractivity contribution is 0.0549. The van der Waals surface area contributed by atoms with Crippen LogP contribution in [0.3, 0.4) is 0 Å². The lowest BCUT2D eigenvalue weighted by Gasteiger charge is -2.36. The number of aromatic nitrogens is 1. The van der Waals surface area contributed by atoms with E-state index in [9.17, 15) is 4.79 Å². The molecule has 0 atom stereocenters. The van der Waals surface area contributed by atoms with Gasteiger partial charge in [0.25, 0.3) is 0 Å². The number of likely N-dealkylation sites (tertiary alicyclic amines) is 1. The summed E-state index contributed by atoms with van der Waals surface area (Å²) >= 11 is 6.33. The highest BCUT2D eigenvalue weighted by molar-refractivity contribution is 6.74. The maximum Gasteiger partial charge on any atom is 0.407 e. The van der Waals surface area contributed by atoms with E-state index in [1.807, 2.05) is 0 Å². The Hall–Kier alpha value is -1.18. The third kappa shape index (κ3) is 4.56. The first-order valence-corrected chi connectivity index (χ1v) is 12.1. The Morgan fingerprint density at radius 2 is 2.00 bits per heavy atom. The largest absolute Gasteiger partial charge is 0.465 e. The fraction of sp³-hybridized carbons (Fsp3) is 0.667. The molecule has 26 heavy (non-hydrogen) atoms. The molecule has 1 saturated heterocycles. The van der Waals surface area contributed by atoms with Gasteiger partial charge in [-0.05, 0) is 24.2 Å². The summed E-state index contributed by atoms with van der Waals surface area (Å²) < 4.78 is 21.4. The van der Waals surface area contributed by atoms with Gasteiger partial charge >= 0.3 is 6.09 Å². The molecule has 1 N–H and O–H groups in total. The second-order valence-corrected chi connectivity index (χ2v) is 13.7. The number of nitrogens with zero attached hydrogens (tertiary/aromatic N) is 2. The van der Waals surface area contributed by atoms with Gasteiger partial charge in [0, 0.05) is 37.7 Å². The Labute approximate surface area is 160 Å². The number of halogens is 2. The van der Waals surface area contributed by atoms with Gasteiger partial charge in [-0.1, -0.05) is 32.4 Å². The Balaban J connectivity index is 2.09. The molecule has 0 aromatic carbocycles. The molecular formula is C18H28ClFN2O3Si. The van der Waals surface area contributed by atoms with E-state index in [4.69, 9.17) is 21.1 Å². The zero-order chi connectivity index (χ0) is 19.8. The summed E-state index contributed by atoms with van der Waals surface area (Å²) in [7, 11) is -1.92. The van der Waals surface area contributed by atoms with E-state index in [1.165, 1.54) is 11.1 Å². The summed E-state index contributed by atoms with van der Waals surface area (Å²) in [6.07, 6.45) is 0.710. The van der Waals surface area contributed by atoms with Gasteiger partial charge in [-0.3, -0.25) is 4.98 Å². The van der Waals surface area contributed by atoms with Crippen LogP contribution in [0.2, 0.25) is 23.2 Å². The molecule has 1 aliphatic rings. The Morgan fingerprint density at radius 3 is 2.46 bits per heavy atom. The molecule has 2 rings (SSSR count). The Bertz CT molecular complexity index is 671. The van der Waals surface area contributed by atoms with Crippen LogP contribution in [0.25, 0.3) is 0 Å². The minimum Gasteiger partial charge on any atom is -0.465 e. The minimum absolute atomic E-state index is 0.0839. The lowest BCUT2D eigenvalue weighted by atomic mass is 9.87. The third-order valence-electron chi connectivity index (χ3n) is 5.64. The number of rotatable bonds is 4. The third-order valence-corrected chi connectivity index (χ3v) is 10.4. The summed E-state index contributed by atoms with van der Waals surface area (Å²) in [6, 6.07) is 1.61. The van der Waals surface area contributed by atoms with E-state index in [0.29, 0.717) is 22.9 Å². The second-order valence-electron chi connectivity index (χ2n) is 8.44. The van der Waals surface area contributed by atoms with Crippen LogP contribution in [-0.2, 0) is 16.7 Å². The maximum atomic E-state index is 15.2. The van der Waals surface area contributed by atoms with Gasteiger partial charge in [0.1, 0.15) is 5.67 Å². The van der Waals surface area contributed by atoms with Crippen LogP contribution in [0.1, 0.15) is 44.9 Å². The maximum absolute atomic E-state index is 15.2. The van der Waals surface area contributed by atoms with Crippen molar-refractivity contribution in [3.05, 3.63) is 28.5 Å². The van der Waals surface area contributed by atoms with Gasteiger partial charge in [0.05, 0.1) is 17.3 Å². The summed E-state index contributed by atoms with van der Waals surface area (Å²) in [4.78, 5) is 16.5. The summed E-state index contributed by atoms with van der Waals surface area (Å²) in [6.45, 7) is 11.4. The molecule has 0 bridgehead atoms. The lowest BCUT2D eigenvalue weighted by Crippen LogP contribution is -2.42. The van der Waals surface area contributed by atoms with Gasteiger partial charge in [-0.15, -0.1) is 0 Å². The summed E-state index contributed by atoms with van der Waals surface area (Å²) in [5.74, 6) is 0. The minimum atomic E-state index is -1.92. The van der Waals surface area contributed by atoms with Crippen LogP contribution in [0.5, 0.6) is 0 Å². The molecule has 0 spiro atoms. The predicted molar refractivity (Wildman–Crippen MR) is 103 cm³/mol. The first-order chi connectivity index (χ1) is 11.9. The van der Waals surface area contributed by atoms with Crippen molar-refractivity contribution in [3.63, 3.8) is 0 Å². The number of pyridine rings is 1. The van der Waals surface area contributed by atoms with Crippen molar-refractivity contribution in [2.45, 2.75) is 64.0 Å². The monoisotopic (exact) mass is 402 g/mol. The predicted octanol–water partition coefficient (Wildman–Crippen LogP) is 5.20. The second kappa shape index (κ2) is 7.44. The molecule has 0 aliphatic carbocycles. The molecule has 1 aromatic rings. The highest BCUT2D eigenvalue weighted by Crippen LogP contribution is 2.39. The van der Waals surface area contributed by atoms with Crippen molar-refractivity contribution in [1.82, 2.24) is 9.88 Å². The van der Waals surface area contributed by atoms with Crippen LogP contribution in [0.15, 0.2) is 12.3 Å². The first kappa shape index (κ1) is 21.1. The standard InChI is InChI=1S/C18H28ClFN2O3Si/c1-17(2,3)26(4,5)25-12-15-14(19)10-13(11-21-15)18(20)6-8-22(9-7-18)16(23)24/h10-11H,6-9,12H2,1-5H3,(H,23,24). The molecule has 1 aromatic heterocycles. The van der Waals surface area contributed by atoms with Gasteiger partial charge < -0.3 is 14.4 Å². The van der Waals surface area contributed by atoms with E-state index in [-0.39, 0.29) is 31.0 Å². The van der Waals surface area contributed by atoms with Gasteiger partial charge in [-0.2, -0.15) is 0 Å². The number of piperidine rings is 1. The normalized spacial score (nSPS) is 18.0. The van der Waals surface area contributed by atoms with Crippen LogP contribution in [0, 0.1) is 0 Å². The molecule has 0 saturated carbocycles.